The Hall–Kier alpha value is -1.69. The van der Waals surface area contributed by atoms with E-state index < -0.39 is 5.97 Å². The molecule has 2 aromatic rings. The fraction of sp³-hybridized carbons (Fsp3) is 0. The summed E-state index contributed by atoms with van der Waals surface area (Å²) in [6.45, 7) is 0. The van der Waals surface area contributed by atoms with E-state index in [0.717, 1.165) is 0 Å². The van der Waals surface area contributed by atoms with Crippen molar-refractivity contribution in [2.45, 2.75) is 0 Å². The van der Waals surface area contributed by atoms with E-state index in [0.29, 0.717) is 5.13 Å². The summed E-state index contributed by atoms with van der Waals surface area (Å²) in [5.41, 5.74) is 0.0233. The Bertz CT molecular complexity index is 421. The van der Waals surface area contributed by atoms with Gasteiger partial charge < -0.3 is 5.11 Å². The molecular weight excluding hydrogens is 190 g/mol. The van der Waals surface area contributed by atoms with Crippen molar-refractivity contribution in [1.82, 2.24) is 14.8 Å². The molecule has 0 aromatic carbocycles. The molecule has 66 valence electrons. The zero-order valence-corrected chi connectivity index (χ0v) is 7.23. The van der Waals surface area contributed by atoms with Crippen LogP contribution in [0.1, 0.15) is 10.5 Å². The quantitative estimate of drug-likeness (QED) is 0.777. The molecule has 2 heterocycles. The van der Waals surface area contributed by atoms with Gasteiger partial charge >= 0.3 is 5.97 Å². The van der Waals surface area contributed by atoms with Gasteiger partial charge in [-0.25, -0.2) is 14.5 Å². The molecule has 0 aliphatic heterocycles. The van der Waals surface area contributed by atoms with Crippen LogP contribution in [0.2, 0.25) is 0 Å². The Labute approximate surface area is 77.3 Å². The Morgan fingerprint density at radius 1 is 1.62 bits per heavy atom. The SMILES string of the molecule is O=C(O)c1ccn(-c2nccs2)n1. The van der Waals surface area contributed by atoms with E-state index >= 15 is 0 Å². The summed E-state index contributed by atoms with van der Waals surface area (Å²) in [6, 6.07) is 1.43. The van der Waals surface area contributed by atoms with Gasteiger partial charge in [0.25, 0.3) is 0 Å². The molecule has 0 radical (unpaired) electrons. The average molecular weight is 195 g/mol. The number of carbonyl (C=O) groups is 1. The van der Waals surface area contributed by atoms with Crippen molar-refractivity contribution < 1.29 is 9.90 Å². The fourth-order valence-electron chi connectivity index (χ4n) is 0.874. The molecule has 0 bridgehead atoms. The molecule has 0 saturated carbocycles. The maximum atomic E-state index is 10.5. The fourth-order valence-corrected chi connectivity index (χ4v) is 1.45. The molecule has 6 heteroatoms. The number of thiazole rings is 1. The summed E-state index contributed by atoms with van der Waals surface area (Å²) in [4.78, 5) is 14.5. The summed E-state index contributed by atoms with van der Waals surface area (Å²) in [5, 5.41) is 14.9. The molecule has 2 aromatic heterocycles. The van der Waals surface area contributed by atoms with Gasteiger partial charge in [-0.05, 0) is 6.07 Å². The third-order valence-corrected chi connectivity index (χ3v) is 2.18. The lowest BCUT2D eigenvalue weighted by Crippen LogP contribution is -2.00. The molecule has 0 saturated heterocycles. The molecular formula is C7H5N3O2S. The van der Waals surface area contributed by atoms with Crippen molar-refractivity contribution in [3.05, 3.63) is 29.5 Å². The number of aromatic nitrogens is 3. The molecule has 0 aliphatic carbocycles. The standard InChI is InChI=1S/C7H5N3O2S/c11-6(12)5-1-3-10(9-5)7-8-2-4-13-7/h1-4H,(H,11,12). The second-order valence-electron chi connectivity index (χ2n) is 2.27. The third kappa shape index (κ3) is 1.43. The lowest BCUT2D eigenvalue weighted by Gasteiger charge is -1.91. The topological polar surface area (TPSA) is 68.0 Å². The second kappa shape index (κ2) is 2.98. The Morgan fingerprint density at radius 2 is 2.46 bits per heavy atom. The van der Waals surface area contributed by atoms with Gasteiger partial charge in [0.1, 0.15) is 0 Å². The van der Waals surface area contributed by atoms with E-state index in [-0.39, 0.29) is 5.69 Å². The molecule has 13 heavy (non-hydrogen) atoms. The van der Waals surface area contributed by atoms with Gasteiger partial charge in [-0.15, -0.1) is 11.3 Å². The molecule has 1 N–H and O–H groups in total. The number of nitrogens with zero attached hydrogens (tertiary/aromatic N) is 3. The van der Waals surface area contributed by atoms with Crippen LogP contribution in [0.5, 0.6) is 0 Å². The summed E-state index contributed by atoms with van der Waals surface area (Å²) >= 11 is 1.40. The van der Waals surface area contributed by atoms with E-state index in [9.17, 15) is 4.79 Å². The molecule has 5 nitrogen and oxygen atoms in total. The van der Waals surface area contributed by atoms with E-state index in [4.69, 9.17) is 5.11 Å². The summed E-state index contributed by atoms with van der Waals surface area (Å²) in [7, 11) is 0. The van der Waals surface area contributed by atoms with Crippen molar-refractivity contribution in [2.75, 3.05) is 0 Å². The van der Waals surface area contributed by atoms with Crippen molar-refractivity contribution in [1.29, 1.82) is 0 Å². The van der Waals surface area contributed by atoms with Crippen molar-refractivity contribution in [2.24, 2.45) is 0 Å². The number of hydrogen-bond donors (Lipinski definition) is 1. The van der Waals surface area contributed by atoms with Crippen LogP contribution >= 0.6 is 11.3 Å². The first-order chi connectivity index (χ1) is 6.27. The van der Waals surface area contributed by atoms with Crippen LogP contribution in [0.3, 0.4) is 0 Å². The van der Waals surface area contributed by atoms with Crippen molar-refractivity contribution in [3.8, 4) is 5.13 Å². The molecule has 0 fully saturated rings. The van der Waals surface area contributed by atoms with Crippen LogP contribution in [0.4, 0.5) is 0 Å². The zero-order chi connectivity index (χ0) is 9.26. The summed E-state index contributed by atoms with van der Waals surface area (Å²) in [6.07, 6.45) is 3.21. The Kier molecular flexibility index (Phi) is 1.82. The van der Waals surface area contributed by atoms with Crippen LogP contribution in [-0.4, -0.2) is 25.8 Å². The smallest absolute Gasteiger partial charge is 0.356 e. The predicted molar refractivity (Wildman–Crippen MR) is 46.2 cm³/mol. The largest absolute Gasteiger partial charge is 0.476 e. The van der Waals surface area contributed by atoms with Gasteiger partial charge in [-0.1, -0.05) is 0 Å². The first-order valence-electron chi connectivity index (χ1n) is 3.46. The maximum absolute atomic E-state index is 10.5. The minimum atomic E-state index is -1.03. The Morgan fingerprint density at radius 3 is 3.00 bits per heavy atom. The first-order valence-corrected chi connectivity index (χ1v) is 4.34. The lowest BCUT2D eigenvalue weighted by molar-refractivity contribution is 0.0690. The highest BCUT2D eigenvalue weighted by Gasteiger charge is 2.08. The summed E-state index contributed by atoms with van der Waals surface area (Å²) < 4.78 is 1.44. The van der Waals surface area contributed by atoms with Gasteiger partial charge in [-0.2, -0.15) is 5.10 Å². The highest BCUT2D eigenvalue weighted by atomic mass is 32.1. The van der Waals surface area contributed by atoms with Crippen LogP contribution < -0.4 is 0 Å². The number of aromatic carboxylic acids is 1. The minimum Gasteiger partial charge on any atom is -0.476 e. The molecule has 0 aliphatic rings. The van der Waals surface area contributed by atoms with Crippen molar-refractivity contribution >= 4 is 17.3 Å². The van der Waals surface area contributed by atoms with E-state index in [1.807, 2.05) is 0 Å². The zero-order valence-electron chi connectivity index (χ0n) is 6.41. The Balaban J connectivity index is 2.39. The maximum Gasteiger partial charge on any atom is 0.356 e. The molecule has 2 rings (SSSR count). The van der Waals surface area contributed by atoms with E-state index in [1.165, 1.54) is 22.1 Å². The van der Waals surface area contributed by atoms with Gasteiger partial charge in [0.2, 0.25) is 5.13 Å². The molecule has 0 atom stereocenters. The number of rotatable bonds is 2. The van der Waals surface area contributed by atoms with Gasteiger partial charge in [0.15, 0.2) is 5.69 Å². The van der Waals surface area contributed by atoms with Crippen LogP contribution in [0.15, 0.2) is 23.8 Å². The summed E-state index contributed by atoms with van der Waals surface area (Å²) in [5.74, 6) is -1.03. The number of hydrogen-bond acceptors (Lipinski definition) is 4. The van der Waals surface area contributed by atoms with E-state index in [2.05, 4.69) is 10.1 Å². The minimum absolute atomic E-state index is 0.0233. The number of carboxylic acid groups (broad SMARTS) is 1. The average Bonchev–Trinajstić information content (AvgIpc) is 2.75. The van der Waals surface area contributed by atoms with Gasteiger partial charge in [0.05, 0.1) is 0 Å². The molecule has 0 unspecified atom stereocenters. The molecule has 0 amide bonds. The van der Waals surface area contributed by atoms with Crippen LogP contribution in [-0.2, 0) is 0 Å². The normalized spacial score (nSPS) is 10.2. The first kappa shape index (κ1) is 7.93. The van der Waals surface area contributed by atoms with Gasteiger partial charge in [-0.3, -0.25) is 0 Å². The predicted octanol–water partition coefficient (Wildman–Crippen LogP) is 1.03. The highest BCUT2D eigenvalue weighted by Crippen LogP contribution is 2.10. The van der Waals surface area contributed by atoms with Crippen LogP contribution in [0, 0.1) is 0 Å². The monoisotopic (exact) mass is 195 g/mol. The highest BCUT2D eigenvalue weighted by molar-refractivity contribution is 7.12. The third-order valence-electron chi connectivity index (χ3n) is 1.42. The van der Waals surface area contributed by atoms with Crippen LogP contribution in [0.25, 0.3) is 5.13 Å². The van der Waals surface area contributed by atoms with Crippen molar-refractivity contribution in [3.63, 3.8) is 0 Å². The molecule has 0 spiro atoms. The van der Waals surface area contributed by atoms with Gasteiger partial charge in [0, 0.05) is 17.8 Å². The second-order valence-corrected chi connectivity index (χ2v) is 3.14. The number of carboxylic acids is 1. The van der Waals surface area contributed by atoms with E-state index in [1.54, 1.807) is 17.8 Å². The lowest BCUT2D eigenvalue weighted by atomic mass is 10.5.